The first-order valence-electron chi connectivity index (χ1n) is 7.49. The summed E-state index contributed by atoms with van der Waals surface area (Å²) in [5.74, 6) is 0.625. The Morgan fingerprint density at radius 3 is 2.54 bits per heavy atom. The molecule has 2 N–H and O–H groups in total. The highest BCUT2D eigenvalue weighted by molar-refractivity contribution is 5.96. The molecule has 0 aliphatic heterocycles. The van der Waals surface area contributed by atoms with Crippen molar-refractivity contribution in [3.05, 3.63) is 59.7 Å². The van der Waals surface area contributed by atoms with Crippen LogP contribution in [0.2, 0.25) is 0 Å². The molecule has 6 heteroatoms. The van der Waals surface area contributed by atoms with Gasteiger partial charge in [0.2, 0.25) is 0 Å². The van der Waals surface area contributed by atoms with Crippen LogP contribution in [0.1, 0.15) is 15.9 Å². The third-order valence-electron chi connectivity index (χ3n) is 3.36. The van der Waals surface area contributed by atoms with Gasteiger partial charge in [-0.1, -0.05) is 18.2 Å². The molecular weight excluding hydrogens is 306 g/mol. The van der Waals surface area contributed by atoms with E-state index in [2.05, 4.69) is 10.6 Å². The summed E-state index contributed by atoms with van der Waals surface area (Å²) < 4.78 is 5.15. The Labute approximate surface area is 141 Å². The summed E-state index contributed by atoms with van der Waals surface area (Å²) >= 11 is 0. The number of nitrogens with zero attached hydrogens (tertiary/aromatic N) is 1. The minimum absolute atomic E-state index is 0.115. The van der Waals surface area contributed by atoms with Gasteiger partial charge in [-0.2, -0.15) is 0 Å². The Hall–Kier alpha value is -3.02. The fraction of sp³-hybridized carbons (Fsp3) is 0.222. The van der Waals surface area contributed by atoms with E-state index in [1.54, 1.807) is 45.5 Å². The van der Waals surface area contributed by atoms with Gasteiger partial charge in [-0.15, -0.1) is 0 Å². The lowest BCUT2D eigenvalue weighted by Gasteiger charge is -2.12. The van der Waals surface area contributed by atoms with Crippen molar-refractivity contribution in [1.82, 2.24) is 10.2 Å². The molecule has 6 nitrogen and oxygen atoms in total. The highest BCUT2D eigenvalue weighted by Gasteiger charge is 2.09. The number of nitrogens with one attached hydrogen (secondary N) is 2. The predicted octanol–water partition coefficient (Wildman–Crippen LogP) is 2.72. The molecule has 0 bridgehead atoms. The van der Waals surface area contributed by atoms with Crippen molar-refractivity contribution in [2.75, 3.05) is 26.5 Å². The van der Waals surface area contributed by atoms with Gasteiger partial charge < -0.3 is 20.3 Å². The molecule has 0 saturated heterocycles. The van der Waals surface area contributed by atoms with Gasteiger partial charge in [-0.3, -0.25) is 4.79 Å². The van der Waals surface area contributed by atoms with Crippen molar-refractivity contribution in [3.63, 3.8) is 0 Å². The Kier molecular flexibility index (Phi) is 5.78. The lowest BCUT2D eigenvalue weighted by atomic mass is 10.2. The van der Waals surface area contributed by atoms with Gasteiger partial charge in [0.05, 0.1) is 7.11 Å². The van der Waals surface area contributed by atoms with E-state index in [0.29, 0.717) is 17.8 Å². The summed E-state index contributed by atoms with van der Waals surface area (Å²) in [6, 6.07) is 13.9. The molecule has 0 saturated carbocycles. The molecular formula is C18H21N3O3. The summed E-state index contributed by atoms with van der Waals surface area (Å²) in [6.45, 7) is 0.374. The fourth-order valence-corrected chi connectivity index (χ4v) is 2.13. The van der Waals surface area contributed by atoms with Gasteiger partial charge in [0.25, 0.3) is 5.91 Å². The molecule has 0 spiro atoms. The molecule has 3 amide bonds. The van der Waals surface area contributed by atoms with Crippen LogP contribution in [0.25, 0.3) is 0 Å². The normalized spacial score (nSPS) is 9.96. The average Bonchev–Trinajstić information content (AvgIpc) is 2.59. The van der Waals surface area contributed by atoms with Gasteiger partial charge in [0.1, 0.15) is 5.75 Å². The summed E-state index contributed by atoms with van der Waals surface area (Å²) in [5.41, 5.74) is 2.01. The molecule has 0 unspecified atom stereocenters. The Morgan fingerprint density at radius 2 is 1.83 bits per heavy atom. The molecule has 0 atom stereocenters. The fourth-order valence-electron chi connectivity index (χ4n) is 2.13. The van der Waals surface area contributed by atoms with Crippen LogP contribution in [0.15, 0.2) is 48.5 Å². The van der Waals surface area contributed by atoms with E-state index in [-0.39, 0.29) is 11.9 Å². The number of anilines is 1. The second-order valence-corrected chi connectivity index (χ2v) is 5.44. The predicted molar refractivity (Wildman–Crippen MR) is 93.3 cm³/mol. The van der Waals surface area contributed by atoms with E-state index in [1.165, 1.54) is 4.90 Å². The summed E-state index contributed by atoms with van der Waals surface area (Å²) in [7, 11) is 4.97. The Morgan fingerprint density at radius 1 is 1.08 bits per heavy atom. The quantitative estimate of drug-likeness (QED) is 0.887. The number of benzene rings is 2. The van der Waals surface area contributed by atoms with Crippen LogP contribution in [-0.4, -0.2) is 38.0 Å². The van der Waals surface area contributed by atoms with E-state index in [4.69, 9.17) is 4.74 Å². The van der Waals surface area contributed by atoms with Gasteiger partial charge in [-0.05, 0) is 35.9 Å². The largest absolute Gasteiger partial charge is 0.497 e. The number of carbonyl (C=O) groups excluding carboxylic acids is 2. The van der Waals surface area contributed by atoms with E-state index in [0.717, 1.165) is 11.3 Å². The molecule has 2 rings (SSSR count). The molecule has 0 aliphatic carbocycles. The average molecular weight is 327 g/mol. The van der Waals surface area contributed by atoms with Crippen molar-refractivity contribution in [2.45, 2.75) is 6.54 Å². The minimum atomic E-state index is -0.340. The third kappa shape index (κ3) is 4.74. The SMILES string of the molecule is COc1cccc(CNC(=O)Nc2cccc(C(=O)N(C)C)c2)c1. The second kappa shape index (κ2) is 8.01. The number of ether oxygens (including phenoxy) is 1. The number of carbonyl (C=O) groups is 2. The van der Waals surface area contributed by atoms with Crippen LogP contribution >= 0.6 is 0 Å². The lowest BCUT2D eigenvalue weighted by Crippen LogP contribution is -2.28. The maximum Gasteiger partial charge on any atom is 0.319 e. The molecule has 0 aromatic heterocycles. The van der Waals surface area contributed by atoms with Crippen molar-refractivity contribution in [2.24, 2.45) is 0 Å². The number of amides is 3. The first kappa shape index (κ1) is 17.3. The molecule has 0 heterocycles. The Balaban J connectivity index is 1.94. The second-order valence-electron chi connectivity index (χ2n) is 5.44. The van der Waals surface area contributed by atoms with Crippen molar-refractivity contribution in [3.8, 4) is 5.75 Å². The third-order valence-corrected chi connectivity index (χ3v) is 3.36. The first-order chi connectivity index (χ1) is 11.5. The van der Waals surface area contributed by atoms with Gasteiger partial charge in [0.15, 0.2) is 0 Å². The smallest absolute Gasteiger partial charge is 0.319 e. The highest BCUT2D eigenvalue weighted by atomic mass is 16.5. The van der Waals surface area contributed by atoms with Gasteiger partial charge >= 0.3 is 6.03 Å². The van der Waals surface area contributed by atoms with E-state index in [9.17, 15) is 9.59 Å². The first-order valence-corrected chi connectivity index (χ1v) is 7.49. The van der Waals surface area contributed by atoms with Gasteiger partial charge in [0, 0.05) is 31.9 Å². The van der Waals surface area contributed by atoms with Crippen LogP contribution in [-0.2, 0) is 6.54 Å². The monoisotopic (exact) mass is 327 g/mol. The van der Waals surface area contributed by atoms with Crippen LogP contribution < -0.4 is 15.4 Å². The van der Waals surface area contributed by atoms with Crippen LogP contribution in [0.5, 0.6) is 5.75 Å². The summed E-state index contributed by atoms with van der Waals surface area (Å²) in [5, 5.41) is 5.49. The Bertz CT molecular complexity index is 729. The number of urea groups is 1. The van der Waals surface area contributed by atoms with Crippen LogP contribution in [0, 0.1) is 0 Å². The van der Waals surface area contributed by atoms with E-state index < -0.39 is 0 Å². The van der Waals surface area contributed by atoms with Crippen LogP contribution in [0.3, 0.4) is 0 Å². The molecule has 0 radical (unpaired) electrons. The highest BCUT2D eigenvalue weighted by Crippen LogP contribution is 2.13. The molecule has 24 heavy (non-hydrogen) atoms. The maximum absolute atomic E-state index is 12.0. The summed E-state index contributed by atoms with van der Waals surface area (Å²) in [4.78, 5) is 25.4. The van der Waals surface area contributed by atoms with Crippen LogP contribution in [0.4, 0.5) is 10.5 Å². The summed E-state index contributed by atoms with van der Waals surface area (Å²) in [6.07, 6.45) is 0. The maximum atomic E-state index is 12.0. The molecule has 2 aromatic carbocycles. The van der Waals surface area contributed by atoms with Gasteiger partial charge in [-0.25, -0.2) is 4.79 Å². The topological polar surface area (TPSA) is 70.7 Å². The van der Waals surface area contributed by atoms with Crippen molar-refractivity contribution < 1.29 is 14.3 Å². The number of hydrogen-bond acceptors (Lipinski definition) is 3. The zero-order valence-corrected chi connectivity index (χ0v) is 14.0. The van der Waals surface area contributed by atoms with E-state index >= 15 is 0 Å². The number of methoxy groups -OCH3 is 1. The standard InChI is InChI=1S/C18H21N3O3/c1-21(2)17(22)14-7-5-8-15(11-14)20-18(23)19-12-13-6-4-9-16(10-13)24-3/h4-11H,12H2,1-3H3,(H2,19,20,23). The number of hydrogen-bond donors (Lipinski definition) is 2. The molecule has 2 aromatic rings. The van der Waals surface area contributed by atoms with E-state index in [1.807, 2.05) is 24.3 Å². The molecule has 0 fully saturated rings. The van der Waals surface area contributed by atoms with Crippen molar-refractivity contribution in [1.29, 1.82) is 0 Å². The molecule has 0 aliphatic rings. The van der Waals surface area contributed by atoms with Crippen molar-refractivity contribution >= 4 is 17.6 Å². The number of rotatable bonds is 5. The lowest BCUT2D eigenvalue weighted by molar-refractivity contribution is 0.0827. The minimum Gasteiger partial charge on any atom is -0.497 e. The molecule has 126 valence electrons. The zero-order chi connectivity index (χ0) is 17.5. The zero-order valence-electron chi connectivity index (χ0n) is 14.0.